The van der Waals surface area contributed by atoms with Crippen LogP contribution >= 0.6 is 0 Å². The Kier molecular flexibility index (Phi) is 8.36. The molecule has 11 heavy (non-hydrogen) atoms. The molecule has 0 aliphatic carbocycles. The molecule has 0 heterocycles. The van der Waals surface area contributed by atoms with Gasteiger partial charge in [0.2, 0.25) is 0 Å². The molecule has 4 nitrogen and oxygen atoms in total. The van der Waals surface area contributed by atoms with Crippen molar-refractivity contribution in [2.75, 3.05) is 21.3 Å². The topological polar surface area (TPSA) is 56.2 Å². The first-order valence-electron chi connectivity index (χ1n) is 3.40. The highest BCUT2D eigenvalue weighted by Gasteiger charge is 2.36. The fourth-order valence-corrected chi connectivity index (χ4v) is 2.59. The van der Waals surface area contributed by atoms with Gasteiger partial charge in [0.15, 0.2) is 0 Å². The first kappa shape index (κ1) is 13.6. The Labute approximate surface area is 69.1 Å². The molecule has 0 rings (SSSR count). The first-order chi connectivity index (χ1) is 4.74. The summed E-state index contributed by atoms with van der Waals surface area (Å²) in [5.41, 5.74) is 0. The highest BCUT2D eigenvalue weighted by molar-refractivity contribution is 6.60. The maximum atomic E-state index is 5.17. The van der Waals surface area contributed by atoms with Crippen LogP contribution < -0.4 is 0 Å². The van der Waals surface area contributed by atoms with Crippen LogP contribution in [0.3, 0.4) is 0 Å². The minimum atomic E-state index is -2.22. The van der Waals surface area contributed by atoms with Crippen molar-refractivity contribution in [1.82, 2.24) is 0 Å². The third-order valence-electron chi connectivity index (χ3n) is 1.49. The van der Waals surface area contributed by atoms with Crippen molar-refractivity contribution >= 4 is 8.80 Å². The molecule has 2 radical (unpaired) electrons. The van der Waals surface area contributed by atoms with E-state index in [9.17, 15) is 0 Å². The van der Waals surface area contributed by atoms with Crippen LogP contribution in [0.15, 0.2) is 0 Å². The molecule has 0 aliphatic heterocycles. The van der Waals surface area contributed by atoms with Crippen LogP contribution in [0, 0.1) is 0 Å². The summed E-state index contributed by atoms with van der Waals surface area (Å²) in [6, 6.07) is 0.885. The van der Waals surface area contributed by atoms with E-state index in [2.05, 4.69) is 6.92 Å². The number of hydrogen-bond acceptors (Lipinski definition) is 3. The van der Waals surface area contributed by atoms with Crippen LogP contribution in [0.1, 0.15) is 13.3 Å². The van der Waals surface area contributed by atoms with Crippen molar-refractivity contribution in [2.24, 2.45) is 0 Å². The molecule has 0 N–H and O–H groups in total. The SMILES string of the molecule is CCC[Si](OC)(OC)OC.[O]. The molecule has 0 aromatic rings. The van der Waals surface area contributed by atoms with Gasteiger partial charge in [0.05, 0.1) is 0 Å². The summed E-state index contributed by atoms with van der Waals surface area (Å²) in [6.45, 7) is 2.08. The zero-order valence-electron chi connectivity index (χ0n) is 7.55. The molecule has 5 heteroatoms. The van der Waals surface area contributed by atoms with Crippen LogP contribution in [0.5, 0.6) is 0 Å². The zero-order valence-corrected chi connectivity index (χ0v) is 8.55. The van der Waals surface area contributed by atoms with Crippen LogP contribution in [-0.4, -0.2) is 30.1 Å². The van der Waals surface area contributed by atoms with Gasteiger partial charge in [0, 0.05) is 32.8 Å². The van der Waals surface area contributed by atoms with Crippen molar-refractivity contribution in [3.63, 3.8) is 0 Å². The van der Waals surface area contributed by atoms with Gasteiger partial charge in [-0.05, 0) is 0 Å². The number of hydrogen-bond donors (Lipinski definition) is 0. The Morgan fingerprint density at radius 3 is 1.45 bits per heavy atom. The Morgan fingerprint density at radius 2 is 1.36 bits per heavy atom. The molecule has 0 spiro atoms. The van der Waals surface area contributed by atoms with Gasteiger partial charge >= 0.3 is 8.80 Å². The van der Waals surface area contributed by atoms with Crippen LogP contribution in [0.4, 0.5) is 0 Å². The monoisotopic (exact) mass is 180 g/mol. The van der Waals surface area contributed by atoms with Crippen molar-refractivity contribution < 1.29 is 18.8 Å². The maximum absolute atomic E-state index is 5.17. The summed E-state index contributed by atoms with van der Waals surface area (Å²) >= 11 is 0. The highest BCUT2D eigenvalue weighted by Crippen LogP contribution is 2.13. The normalized spacial score (nSPS) is 10.9. The standard InChI is InChI=1S/C6H16O3Si.O/c1-5-6-10(7-2,8-3)9-4;/h5-6H2,1-4H3;. The summed E-state index contributed by atoms with van der Waals surface area (Å²) in [7, 11) is 2.68. The molecular weight excluding hydrogens is 164 g/mol. The summed E-state index contributed by atoms with van der Waals surface area (Å²) < 4.78 is 15.5. The average molecular weight is 180 g/mol. The van der Waals surface area contributed by atoms with Gasteiger partial charge in [-0.25, -0.2) is 0 Å². The molecule has 0 atom stereocenters. The largest absolute Gasteiger partial charge is 0.500 e. The third kappa shape index (κ3) is 3.83. The lowest BCUT2D eigenvalue weighted by Crippen LogP contribution is -2.42. The van der Waals surface area contributed by atoms with E-state index in [1.54, 1.807) is 21.3 Å². The highest BCUT2D eigenvalue weighted by atomic mass is 28.4. The summed E-state index contributed by atoms with van der Waals surface area (Å²) in [5, 5.41) is 0. The van der Waals surface area contributed by atoms with E-state index in [1.807, 2.05) is 0 Å². The molecular formula is C6H16O4Si. The summed E-state index contributed by atoms with van der Waals surface area (Å²) in [6.07, 6.45) is 1.03. The van der Waals surface area contributed by atoms with Gasteiger partial charge < -0.3 is 13.3 Å². The quantitative estimate of drug-likeness (QED) is 0.596. The molecule has 0 saturated carbocycles. The minimum absolute atomic E-state index is 0. The minimum Gasteiger partial charge on any atom is -0.377 e. The second kappa shape index (κ2) is 6.75. The van der Waals surface area contributed by atoms with E-state index in [1.165, 1.54) is 0 Å². The van der Waals surface area contributed by atoms with E-state index in [0.29, 0.717) is 0 Å². The van der Waals surface area contributed by atoms with E-state index >= 15 is 0 Å². The summed E-state index contributed by atoms with van der Waals surface area (Å²) in [4.78, 5) is 0. The summed E-state index contributed by atoms with van der Waals surface area (Å²) in [5.74, 6) is 0. The fourth-order valence-electron chi connectivity index (χ4n) is 0.862. The zero-order chi connectivity index (χ0) is 8.04. The van der Waals surface area contributed by atoms with Gasteiger partial charge in [-0.1, -0.05) is 13.3 Å². The van der Waals surface area contributed by atoms with Gasteiger partial charge in [-0.3, -0.25) is 0 Å². The van der Waals surface area contributed by atoms with Crippen molar-refractivity contribution in [2.45, 2.75) is 19.4 Å². The van der Waals surface area contributed by atoms with Gasteiger partial charge in [-0.2, -0.15) is 0 Å². The molecule has 0 bridgehead atoms. The third-order valence-corrected chi connectivity index (χ3v) is 4.47. The Balaban J connectivity index is 0. The molecule has 0 aliphatic rings. The number of rotatable bonds is 5. The van der Waals surface area contributed by atoms with E-state index in [-0.39, 0.29) is 5.48 Å². The molecule has 0 amide bonds. The Bertz CT molecular complexity index is 76.4. The predicted molar refractivity (Wildman–Crippen MR) is 42.6 cm³/mol. The molecule has 0 saturated heterocycles. The van der Waals surface area contributed by atoms with Crippen molar-refractivity contribution in [1.29, 1.82) is 0 Å². The predicted octanol–water partition coefficient (Wildman–Crippen LogP) is 1.16. The maximum Gasteiger partial charge on any atom is 0.500 e. The van der Waals surface area contributed by atoms with Gasteiger partial charge in [-0.15, -0.1) is 0 Å². The Hall–Kier alpha value is 0.0569. The second-order valence-electron chi connectivity index (χ2n) is 2.05. The van der Waals surface area contributed by atoms with E-state index in [4.69, 9.17) is 13.3 Å². The van der Waals surface area contributed by atoms with E-state index < -0.39 is 8.80 Å². The Morgan fingerprint density at radius 1 is 1.00 bits per heavy atom. The van der Waals surface area contributed by atoms with Crippen LogP contribution in [0.2, 0.25) is 6.04 Å². The molecule has 0 unspecified atom stereocenters. The van der Waals surface area contributed by atoms with E-state index in [0.717, 1.165) is 12.5 Å². The molecule has 0 aromatic heterocycles. The van der Waals surface area contributed by atoms with Crippen molar-refractivity contribution in [3.05, 3.63) is 0 Å². The van der Waals surface area contributed by atoms with Crippen LogP contribution in [-0.2, 0) is 18.8 Å². The smallest absolute Gasteiger partial charge is 0.377 e. The molecule has 68 valence electrons. The molecule has 0 fully saturated rings. The average Bonchev–Trinajstić information content (AvgIpc) is 2.01. The molecule has 0 aromatic carbocycles. The van der Waals surface area contributed by atoms with Gasteiger partial charge in [0.25, 0.3) is 0 Å². The fraction of sp³-hybridized carbons (Fsp3) is 1.00. The lowest BCUT2D eigenvalue weighted by molar-refractivity contribution is 0.123. The lowest BCUT2D eigenvalue weighted by atomic mass is 10.6. The van der Waals surface area contributed by atoms with Crippen molar-refractivity contribution in [3.8, 4) is 0 Å². The first-order valence-corrected chi connectivity index (χ1v) is 5.33. The van der Waals surface area contributed by atoms with Crippen LogP contribution in [0.25, 0.3) is 0 Å². The van der Waals surface area contributed by atoms with Gasteiger partial charge in [0.1, 0.15) is 0 Å². The lowest BCUT2D eigenvalue weighted by Gasteiger charge is -2.23. The second-order valence-corrected chi connectivity index (χ2v) is 5.14.